The Balaban J connectivity index is 2.57. The van der Waals surface area contributed by atoms with Gasteiger partial charge in [-0.15, -0.1) is 0 Å². The molecule has 0 amide bonds. The molecule has 0 unspecified atom stereocenters. The highest BCUT2D eigenvalue weighted by Gasteiger charge is 2.21. The lowest BCUT2D eigenvalue weighted by Crippen LogP contribution is -2.11. The van der Waals surface area contributed by atoms with E-state index in [-0.39, 0.29) is 10.6 Å². The van der Waals surface area contributed by atoms with Gasteiger partial charge < -0.3 is 10.2 Å². The maximum atomic E-state index is 10.9. The Kier molecular flexibility index (Phi) is 2.22. The van der Waals surface area contributed by atoms with E-state index in [9.17, 15) is 10.1 Å². The van der Waals surface area contributed by atoms with Gasteiger partial charge in [-0.25, -0.2) is 0 Å². The molecular weight excluding hydrogens is 194 g/mol. The second kappa shape index (κ2) is 3.42. The van der Waals surface area contributed by atoms with Crippen molar-refractivity contribution in [2.45, 2.75) is 6.42 Å². The summed E-state index contributed by atoms with van der Waals surface area (Å²) in [5.74, 6) is 0. The summed E-state index contributed by atoms with van der Waals surface area (Å²) in [5, 5.41) is 14.0. The first-order valence-electron chi connectivity index (χ1n) is 4.82. The Hall–Kier alpha value is -1.78. The summed E-state index contributed by atoms with van der Waals surface area (Å²) in [4.78, 5) is 12.3. The summed E-state index contributed by atoms with van der Waals surface area (Å²) in [6.45, 7) is 0.864. The molecule has 5 nitrogen and oxygen atoms in total. The highest BCUT2D eigenvalue weighted by Crippen LogP contribution is 2.35. The van der Waals surface area contributed by atoms with Crippen LogP contribution >= 0.6 is 0 Å². The minimum Gasteiger partial charge on any atom is -0.384 e. The fourth-order valence-corrected chi connectivity index (χ4v) is 1.83. The zero-order valence-corrected chi connectivity index (χ0v) is 8.78. The monoisotopic (exact) mass is 207 g/mol. The molecule has 0 atom stereocenters. The number of hydrogen-bond donors (Lipinski definition) is 1. The molecule has 1 aromatic rings. The first kappa shape index (κ1) is 9.76. The minimum atomic E-state index is -0.338. The third-order valence-corrected chi connectivity index (χ3v) is 2.59. The molecule has 0 aromatic heterocycles. The summed E-state index contributed by atoms with van der Waals surface area (Å²) in [7, 11) is 3.63. The van der Waals surface area contributed by atoms with Crippen LogP contribution in [-0.2, 0) is 6.42 Å². The van der Waals surface area contributed by atoms with Crippen molar-refractivity contribution in [1.82, 2.24) is 0 Å². The predicted molar refractivity (Wildman–Crippen MR) is 59.6 cm³/mol. The Morgan fingerprint density at radius 2 is 2.20 bits per heavy atom. The zero-order valence-electron chi connectivity index (χ0n) is 8.78. The quantitative estimate of drug-likeness (QED) is 0.591. The average Bonchev–Trinajstić information content (AvgIpc) is 2.61. The van der Waals surface area contributed by atoms with Gasteiger partial charge in [0.05, 0.1) is 4.92 Å². The molecule has 0 radical (unpaired) electrons. The Morgan fingerprint density at radius 3 is 2.80 bits per heavy atom. The maximum Gasteiger partial charge on any atom is 0.294 e. The maximum absolute atomic E-state index is 10.9. The molecule has 5 heteroatoms. The number of nitro groups is 1. The standard InChI is InChI=1S/C10H13N3O2/c1-12(2)9-5-7-3-4-11-8(7)6-10(9)13(14)15/h5-6,11H,3-4H2,1-2H3. The fourth-order valence-electron chi connectivity index (χ4n) is 1.83. The van der Waals surface area contributed by atoms with Gasteiger partial charge in [0, 0.05) is 32.4 Å². The molecule has 1 heterocycles. The SMILES string of the molecule is CN(C)c1cc2c(cc1[N+](=O)[O-])NCC2. The molecule has 0 spiro atoms. The van der Waals surface area contributed by atoms with E-state index in [4.69, 9.17) is 0 Å². The smallest absolute Gasteiger partial charge is 0.294 e. The average molecular weight is 207 g/mol. The lowest BCUT2D eigenvalue weighted by atomic mass is 10.1. The van der Waals surface area contributed by atoms with Gasteiger partial charge in [-0.2, -0.15) is 0 Å². The van der Waals surface area contributed by atoms with Gasteiger partial charge in [0.25, 0.3) is 5.69 Å². The minimum absolute atomic E-state index is 0.160. The van der Waals surface area contributed by atoms with Crippen LogP contribution in [0.4, 0.5) is 17.1 Å². The van der Waals surface area contributed by atoms with Crippen LogP contribution in [0.5, 0.6) is 0 Å². The van der Waals surface area contributed by atoms with Crippen LogP contribution in [0, 0.1) is 10.1 Å². The van der Waals surface area contributed by atoms with Gasteiger partial charge in [-0.05, 0) is 18.1 Å². The molecule has 1 aromatic carbocycles. The first-order valence-corrected chi connectivity index (χ1v) is 4.82. The molecule has 1 N–H and O–H groups in total. The van der Waals surface area contributed by atoms with Crippen LogP contribution in [0.1, 0.15) is 5.56 Å². The van der Waals surface area contributed by atoms with Crippen LogP contribution in [0.15, 0.2) is 12.1 Å². The summed E-state index contributed by atoms with van der Waals surface area (Å²) in [5.41, 5.74) is 2.88. The van der Waals surface area contributed by atoms with Gasteiger partial charge in [0.2, 0.25) is 0 Å². The van der Waals surface area contributed by atoms with Crippen molar-refractivity contribution in [1.29, 1.82) is 0 Å². The van der Waals surface area contributed by atoms with Crippen molar-refractivity contribution in [3.05, 3.63) is 27.8 Å². The highest BCUT2D eigenvalue weighted by molar-refractivity contribution is 5.73. The second-order valence-electron chi connectivity index (χ2n) is 3.83. The molecule has 1 aliphatic heterocycles. The molecule has 2 rings (SSSR count). The zero-order chi connectivity index (χ0) is 11.0. The number of benzene rings is 1. The van der Waals surface area contributed by atoms with E-state index in [0.29, 0.717) is 5.69 Å². The summed E-state index contributed by atoms with van der Waals surface area (Å²) in [6.07, 6.45) is 0.939. The molecule has 1 aliphatic rings. The highest BCUT2D eigenvalue weighted by atomic mass is 16.6. The van der Waals surface area contributed by atoms with Gasteiger partial charge in [-0.1, -0.05) is 0 Å². The van der Waals surface area contributed by atoms with Crippen LogP contribution in [0.2, 0.25) is 0 Å². The van der Waals surface area contributed by atoms with Crippen molar-refractivity contribution in [3.63, 3.8) is 0 Å². The van der Waals surface area contributed by atoms with E-state index >= 15 is 0 Å². The number of anilines is 2. The van der Waals surface area contributed by atoms with E-state index in [1.54, 1.807) is 11.0 Å². The number of nitrogens with one attached hydrogen (secondary N) is 1. The third-order valence-electron chi connectivity index (χ3n) is 2.59. The summed E-state index contributed by atoms with van der Waals surface area (Å²) < 4.78 is 0. The molecule has 0 saturated carbocycles. The second-order valence-corrected chi connectivity index (χ2v) is 3.83. The van der Waals surface area contributed by atoms with Crippen molar-refractivity contribution in [2.24, 2.45) is 0 Å². The van der Waals surface area contributed by atoms with Crippen LogP contribution in [0.25, 0.3) is 0 Å². The predicted octanol–water partition coefficient (Wildman–Crippen LogP) is 1.63. The fraction of sp³-hybridized carbons (Fsp3) is 0.400. The Bertz CT molecular complexity index is 415. The van der Waals surface area contributed by atoms with Crippen LogP contribution in [0.3, 0.4) is 0 Å². The lowest BCUT2D eigenvalue weighted by molar-refractivity contribution is -0.384. The van der Waals surface area contributed by atoms with E-state index in [1.807, 2.05) is 20.2 Å². The lowest BCUT2D eigenvalue weighted by Gasteiger charge is -2.14. The number of hydrogen-bond acceptors (Lipinski definition) is 4. The molecule has 0 saturated heterocycles. The molecule has 80 valence electrons. The summed E-state index contributed by atoms with van der Waals surface area (Å²) in [6, 6.07) is 3.52. The van der Waals surface area contributed by atoms with Crippen molar-refractivity contribution < 1.29 is 4.92 Å². The number of fused-ring (bicyclic) bond motifs is 1. The van der Waals surface area contributed by atoms with Crippen molar-refractivity contribution in [3.8, 4) is 0 Å². The number of rotatable bonds is 2. The molecule has 15 heavy (non-hydrogen) atoms. The van der Waals surface area contributed by atoms with Crippen LogP contribution < -0.4 is 10.2 Å². The van der Waals surface area contributed by atoms with Gasteiger partial charge in [0.15, 0.2) is 0 Å². The van der Waals surface area contributed by atoms with Gasteiger partial charge in [0.1, 0.15) is 5.69 Å². The van der Waals surface area contributed by atoms with E-state index in [2.05, 4.69) is 5.32 Å². The summed E-state index contributed by atoms with van der Waals surface area (Å²) >= 11 is 0. The molecule has 0 fully saturated rings. The van der Waals surface area contributed by atoms with E-state index in [1.165, 1.54) is 0 Å². The van der Waals surface area contributed by atoms with Crippen LogP contribution in [-0.4, -0.2) is 25.6 Å². The topological polar surface area (TPSA) is 58.4 Å². The van der Waals surface area contributed by atoms with E-state index < -0.39 is 0 Å². The molecule has 0 aliphatic carbocycles. The molecule has 0 bridgehead atoms. The van der Waals surface area contributed by atoms with Crippen molar-refractivity contribution in [2.75, 3.05) is 30.9 Å². The number of nitro benzene ring substituents is 1. The Morgan fingerprint density at radius 1 is 1.47 bits per heavy atom. The van der Waals surface area contributed by atoms with Gasteiger partial charge >= 0.3 is 0 Å². The Labute approximate surface area is 87.8 Å². The normalized spacial score (nSPS) is 13.2. The third kappa shape index (κ3) is 1.60. The first-order chi connectivity index (χ1) is 7.09. The largest absolute Gasteiger partial charge is 0.384 e. The van der Waals surface area contributed by atoms with E-state index in [0.717, 1.165) is 24.2 Å². The van der Waals surface area contributed by atoms with Gasteiger partial charge in [-0.3, -0.25) is 10.1 Å². The number of nitrogens with zero attached hydrogens (tertiary/aromatic N) is 2. The van der Waals surface area contributed by atoms with Crippen molar-refractivity contribution >= 4 is 17.1 Å². The molecular formula is C10H13N3O2.